The van der Waals surface area contributed by atoms with Gasteiger partial charge in [-0.05, 0) is 80.8 Å². The fraction of sp³-hybridized carbons (Fsp3) is 0.946. The Bertz CT molecular complexity index is 1170. The lowest BCUT2D eigenvalue weighted by molar-refractivity contribution is -0.317. The van der Waals surface area contributed by atoms with Crippen LogP contribution in [-0.2, 0) is 33.2 Å². The summed E-state index contributed by atoms with van der Waals surface area (Å²) in [6.45, 7) is 16.8. The molecule has 18 atom stereocenters. The maximum Gasteiger partial charge on any atom is 0.311 e. The van der Waals surface area contributed by atoms with E-state index in [1.807, 2.05) is 25.9 Å². The van der Waals surface area contributed by atoms with Crippen molar-refractivity contribution in [3.63, 3.8) is 0 Å². The summed E-state index contributed by atoms with van der Waals surface area (Å²) >= 11 is 0. The van der Waals surface area contributed by atoms with Crippen molar-refractivity contribution in [3.8, 4) is 0 Å². The molecule has 51 heavy (non-hydrogen) atoms. The number of cyclic esters (lactones) is 1. The molecule has 0 aromatic heterocycles. The van der Waals surface area contributed by atoms with Crippen molar-refractivity contribution in [2.45, 2.75) is 179 Å². The average molecular weight is 733 g/mol. The molecule has 0 aliphatic carbocycles. The number of likely N-dealkylation sites (N-methyl/N-ethyl adjacent to an activating group) is 1. The number of rotatable bonds is 7. The van der Waals surface area contributed by atoms with Gasteiger partial charge in [-0.2, -0.15) is 0 Å². The van der Waals surface area contributed by atoms with E-state index in [2.05, 4.69) is 0 Å². The van der Waals surface area contributed by atoms with E-state index in [9.17, 15) is 30.3 Å². The van der Waals surface area contributed by atoms with Crippen LogP contribution in [0.5, 0.6) is 0 Å². The van der Waals surface area contributed by atoms with Crippen molar-refractivity contribution in [1.29, 1.82) is 5.41 Å². The molecular weight excluding hydrogens is 664 g/mol. The third-order valence-electron chi connectivity index (χ3n) is 11.9. The Morgan fingerprint density at radius 1 is 0.922 bits per heavy atom. The monoisotopic (exact) mass is 732 g/mol. The summed E-state index contributed by atoms with van der Waals surface area (Å²) in [6.07, 6.45) is -9.12. The zero-order chi connectivity index (χ0) is 39.0. The Balaban J connectivity index is 2.18. The molecule has 3 aliphatic rings. The van der Waals surface area contributed by atoms with Gasteiger partial charge in [0.1, 0.15) is 23.9 Å². The molecule has 0 saturated carbocycles. The van der Waals surface area contributed by atoms with Crippen molar-refractivity contribution < 1.29 is 58.7 Å². The Morgan fingerprint density at radius 2 is 1.53 bits per heavy atom. The number of aliphatic hydroxyl groups is 5. The average Bonchev–Trinajstić information content (AvgIpc) is 3.05. The third kappa shape index (κ3) is 9.51. The quantitative estimate of drug-likeness (QED) is 0.209. The number of hydrogen-bond acceptors (Lipinski definition) is 14. The lowest BCUT2D eigenvalue weighted by Gasteiger charge is -2.49. The first-order valence-electron chi connectivity index (χ1n) is 18.5. The fourth-order valence-electron chi connectivity index (χ4n) is 8.43. The minimum Gasteiger partial charge on any atom is -0.459 e. The molecule has 0 unspecified atom stereocenters. The van der Waals surface area contributed by atoms with Crippen molar-refractivity contribution in [2.24, 2.45) is 23.7 Å². The molecule has 0 bridgehead atoms. The highest BCUT2D eigenvalue weighted by Gasteiger charge is 2.53. The third-order valence-corrected chi connectivity index (χ3v) is 11.9. The molecule has 0 amide bonds. The van der Waals surface area contributed by atoms with Gasteiger partial charge in [-0.25, -0.2) is 0 Å². The van der Waals surface area contributed by atoms with Gasteiger partial charge in [-0.1, -0.05) is 27.7 Å². The highest BCUT2D eigenvalue weighted by molar-refractivity contribution is 5.86. The van der Waals surface area contributed by atoms with Crippen molar-refractivity contribution in [2.75, 3.05) is 21.2 Å². The molecule has 3 saturated heterocycles. The molecule has 0 radical (unpaired) electrons. The zero-order valence-corrected chi connectivity index (χ0v) is 33.0. The van der Waals surface area contributed by atoms with Gasteiger partial charge in [-0.3, -0.25) is 4.79 Å². The SMILES string of the molecule is CC[C@H]1OC(=O)[C@H](C)[C@H](O[C@@H]2C[C@](C)(OC)[C@H](O)[C@@H](C)O2)[C@@H](C)[C@H](O[C@@H]2O[C@H](C)C[C@H](N(C)C)[C@H]2O)[C@](C)(O)C[C@H](C)C(=N)[C@H](C)[C@@H](O)[C@@]1(C)O. The van der Waals surface area contributed by atoms with E-state index >= 15 is 0 Å². The van der Waals surface area contributed by atoms with Gasteiger partial charge >= 0.3 is 5.97 Å². The number of carbonyl (C=O) groups excluding carboxylic acids is 1. The summed E-state index contributed by atoms with van der Waals surface area (Å²) in [4.78, 5) is 16.0. The van der Waals surface area contributed by atoms with Crippen LogP contribution in [0.3, 0.4) is 0 Å². The van der Waals surface area contributed by atoms with E-state index in [0.717, 1.165) is 0 Å². The fourth-order valence-corrected chi connectivity index (χ4v) is 8.43. The molecule has 3 heterocycles. The molecule has 298 valence electrons. The predicted octanol–water partition coefficient (Wildman–Crippen LogP) is 2.24. The van der Waals surface area contributed by atoms with Gasteiger partial charge in [0.25, 0.3) is 0 Å². The Labute approximate surface area is 304 Å². The summed E-state index contributed by atoms with van der Waals surface area (Å²) in [7, 11) is 5.21. The highest BCUT2D eigenvalue weighted by Crippen LogP contribution is 2.40. The molecule has 3 rings (SSSR count). The van der Waals surface area contributed by atoms with Crippen LogP contribution < -0.4 is 0 Å². The first kappa shape index (κ1) is 44.1. The number of hydrogen-bond donors (Lipinski definition) is 6. The first-order valence-corrected chi connectivity index (χ1v) is 18.5. The molecule has 14 heteroatoms. The minimum atomic E-state index is -1.91. The lowest BCUT2D eigenvalue weighted by Crippen LogP contribution is -2.61. The Hall–Kier alpha value is -1.30. The number of methoxy groups -OCH3 is 1. The normalized spacial score (nSPS) is 49.7. The largest absolute Gasteiger partial charge is 0.459 e. The molecule has 0 aromatic carbocycles. The van der Waals surface area contributed by atoms with Crippen LogP contribution >= 0.6 is 0 Å². The summed E-state index contributed by atoms with van der Waals surface area (Å²) in [6, 6.07) is -0.304. The van der Waals surface area contributed by atoms with Crippen molar-refractivity contribution >= 4 is 11.7 Å². The van der Waals surface area contributed by atoms with Gasteiger partial charge in [-0.15, -0.1) is 0 Å². The Morgan fingerprint density at radius 3 is 2.08 bits per heavy atom. The molecule has 0 spiro atoms. The van der Waals surface area contributed by atoms with Gasteiger partial charge in [0, 0.05) is 37.1 Å². The molecular formula is C37H68N2O12. The van der Waals surface area contributed by atoms with Crippen LogP contribution in [0.2, 0.25) is 0 Å². The number of carbonyl (C=O) groups is 1. The number of aliphatic hydroxyl groups excluding tert-OH is 3. The van der Waals surface area contributed by atoms with Gasteiger partial charge < -0.3 is 64.3 Å². The Kier molecular flexibility index (Phi) is 14.7. The second-order valence-electron chi connectivity index (χ2n) is 16.5. The summed E-state index contributed by atoms with van der Waals surface area (Å²) in [5, 5.41) is 66.9. The second kappa shape index (κ2) is 17.0. The first-order chi connectivity index (χ1) is 23.4. The van der Waals surface area contributed by atoms with Crippen LogP contribution in [0.4, 0.5) is 0 Å². The van der Waals surface area contributed by atoms with E-state index in [1.54, 1.807) is 55.4 Å². The number of nitrogens with zero attached hydrogens (tertiary/aromatic N) is 1. The number of ether oxygens (including phenoxy) is 6. The van der Waals surface area contributed by atoms with Gasteiger partial charge in [0.05, 0.1) is 47.6 Å². The standard InChI is InChI=1S/C37H68N2O12/c1-14-25-37(10,45)30(41)20(4)27(38)18(2)16-35(8,44)32(51-34-28(40)24(39(11)12)15-19(3)47-34)21(5)29(22(6)33(43)49-25)50-26-17-36(9,46-13)31(42)23(7)48-26/h18-26,28-32,34,38,40-42,44-45H,14-17H2,1-13H3/t18-,19+,20-,21+,22+,23+,24-,25+,26+,28+,29+,30+,31+,32-,34-,35+,36-,37-/m0/s1. The molecule has 6 N–H and O–H groups in total. The number of esters is 1. The van der Waals surface area contributed by atoms with E-state index in [4.69, 9.17) is 33.8 Å². The van der Waals surface area contributed by atoms with Gasteiger partial charge in [0.2, 0.25) is 0 Å². The second-order valence-corrected chi connectivity index (χ2v) is 16.5. The lowest BCUT2D eigenvalue weighted by atomic mass is 9.73. The highest BCUT2D eigenvalue weighted by atomic mass is 16.7. The minimum absolute atomic E-state index is 0.0107. The van der Waals surface area contributed by atoms with Crippen LogP contribution in [-0.4, -0.2) is 148 Å². The van der Waals surface area contributed by atoms with Crippen LogP contribution in [0.15, 0.2) is 0 Å². The topological polar surface area (TPSA) is 201 Å². The summed E-state index contributed by atoms with van der Waals surface area (Å²) < 4.78 is 37.2. The van der Waals surface area contributed by atoms with Crippen LogP contribution in [0.25, 0.3) is 0 Å². The van der Waals surface area contributed by atoms with E-state index in [1.165, 1.54) is 14.0 Å². The summed E-state index contributed by atoms with van der Waals surface area (Å²) in [5.74, 6) is -4.02. The van der Waals surface area contributed by atoms with Crippen LogP contribution in [0.1, 0.15) is 94.9 Å². The predicted molar refractivity (Wildman–Crippen MR) is 189 cm³/mol. The van der Waals surface area contributed by atoms with E-state index < -0.39 is 102 Å². The maximum absolute atomic E-state index is 14.1. The zero-order valence-electron chi connectivity index (χ0n) is 33.0. The van der Waals surface area contributed by atoms with E-state index in [0.29, 0.717) is 6.42 Å². The maximum atomic E-state index is 14.1. The molecule has 14 nitrogen and oxygen atoms in total. The van der Waals surface area contributed by atoms with E-state index in [-0.39, 0.29) is 37.1 Å². The smallest absolute Gasteiger partial charge is 0.311 e. The van der Waals surface area contributed by atoms with Gasteiger partial charge in [0.15, 0.2) is 12.6 Å². The van der Waals surface area contributed by atoms with Crippen molar-refractivity contribution in [1.82, 2.24) is 4.90 Å². The summed E-state index contributed by atoms with van der Waals surface area (Å²) in [5.41, 5.74) is -4.58. The number of nitrogens with one attached hydrogen (secondary N) is 1. The van der Waals surface area contributed by atoms with Crippen LogP contribution in [0, 0.1) is 29.1 Å². The molecule has 3 fully saturated rings. The van der Waals surface area contributed by atoms with Crippen molar-refractivity contribution in [3.05, 3.63) is 0 Å². The molecule has 0 aromatic rings. The molecule has 3 aliphatic heterocycles.